The molecule has 11 heteroatoms. The molecule has 22 heavy (non-hydrogen) atoms. The maximum atomic E-state index is 13.1. The third kappa shape index (κ3) is 2.09. The van der Waals surface area contributed by atoms with E-state index in [-0.39, 0.29) is 16.9 Å². The van der Waals surface area contributed by atoms with E-state index in [4.69, 9.17) is 15.6 Å². The summed E-state index contributed by atoms with van der Waals surface area (Å²) in [6.07, 6.45) is -7.07. The summed E-state index contributed by atoms with van der Waals surface area (Å²) < 4.78 is 32.4. The van der Waals surface area contributed by atoms with E-state index in [1.807, 2.05) is 0 Å². The lowest BCUT2D eigenvalue weighted by Crippen LogP contribution is -2.33. The summed E-state index contributed by atoms with van der Waals surface area (Å²) in [5.41, 5.74) is 4.89. The van der Waals surface area contributed by atoms with E-state index in [2.05, 4.69) is 15.1 Å². The molecule has 0 aliphatic carbocycles. The second-order valence-corrected chi connectivity index (χ2v) is 4.82. The normalized spacial score (nSPS) is 28.8. The number of nitrogens with two attached hydrogens (primary N) is 1. The highest BCUT2D eigenvalue weighted by molar-refractivity contribution is 5.88. The quantitative estimate of drug-likeness (QED) is 0.563. The van der Waals surface area contributed by atoms with Gasteiger partial charge in [0, 0.05) is 0 Å². The number of aromatic nitrogens is 4. The molecule has 1 saturated heterocycles. The van der Waals surface area contributed by atoms with E-state index in [1.54, 1.807) is 0 Å². The van der Waals surface area contributed by atoms with Crippen molar-refractivity contribution in [1.29, 1.82) is 0 Å². The molecule has 0 spiro atoms. The number of alkyl halides is 2. The first-order valence-electron chi connectivity index (χ1n) is 6.35. The Bertz CT molecular complexity index is 696. The molecule has 4 atom stereocenters. The number of nitrogen functional groups attached to an aromatic ring is 1. The maximum absolute atomic E-state index is 13.1. The van der Waals surface area contributed by atoms with E-state index in [0.29, 0.717) is 0 Å². The van der Waals surface area contributed by atoms with Gasteiger partial charge in [-0.3, -0.25) is 0 Å². The van der Waals surface area contributed by atoms with Crippen LogP contribution >= 0.6 is 0 Å². The topological polar surface area (TPSA) is 140 Å². The average Bonchev–Trinajstić information content (AvgIpc) is 3.00. The van der Waals surface area contributed by atoms with Crippen LogP contribution in [0.25, 0.3) is 11.0 Å². The highest BCUT2D eigenvalue weighted by Gasteiger charge is 2.45. The molecule has 3 heterocycles. The molecule has 0 amide bonds. The van der Waals surface area contributed by atoms with Gasteiger partial charge in [0.05, 0.1) is 12.0 Å². The van der Waals surface area contributed by atoms with Crippen molar-refractivity contribution in [3.05, 3.63) is 12.0 Å². The summed E-state index contributed by atoms with van der Waals surface area (Å²) in [6.45, 7) is -0.549. The minimum absolute atomic E-state index is 0.0577. The lowest BCUT2D eigenvalue weighted by molar-refractivity contribution is -0.0572. The van der Waals surface area contributed by atoms with Gasteiger partial charge in [0.2, 0.25) is 0 Å². The second kappa shape index (κ2) is 5.35. The van der Waals surface area contributed by atoms with Crippen molar-refractivity contribution in [2.45, 2.75) is 31.0 Å². The third-order valence-corrected chi connectivity index (χ3v) is 3.51. The van der Waals surface area contributed by atoms with Crippen LogP contribution in [0.5, 0.6) is 0 Å². The first-order chi connectivity index (χ1) is 10.5. The molecule has 0 bridgehead atoms. The summed E-state index contributed by atoms with van der Waals surface area (Å²) in [4.78, 5) is 7.48. The molecule has 1 aliphatic rings. The first-order valence-corrected chi connectivity index (χ1v) is 6.35. The molecule has 0 aromatic carbocycles. The van der Waals surface area contributed by atoms with E-state index in [1.165, 1.54) is 0 Å². The van der Waals surface area contributed by atoms with Crippen LogP contribution in [-0.4, -0.2) is 60.0 Å². The second-order valence-electron chi connectivity index (χ2n) is 4.82. The van der Waals surface area contributed by atoms with E-state index in [9.17, 15) is 19.0 Å². The Morgan fingerprint density at radius 3 is 2.64 bits per heavy atom. The van der Waals surface area contributed by atoms with Crippen molar-refractivity contribution in [2.24, 2.45) is 0 Å². The van der Waals surface area contributed by atoms with Crippen molar-refractivity contribution in [3.63, 3.8) is 0 Å². The minimum atomic E-state index is -2.94. The van der Waals surface area contributed by atoms with E-state index in [0.717, 1.165) is 11.0 Å². The minimum Gasteiger partial charge on any atom is -0.394 e. The fraction of sp³-hybridized carbons (Fsp3) is 0.545. The number of anilines is 1. The van der Waals surface area contributed by atoms with Crippen LogP contribution in [0.2, 0.25) is 0 Å². The SMILES string of the molecule is Nc1ncnc2c1c(C(F)F)nn2[C@@H]1OC(CO)C(O)[C@H]1O. The Labute approximate surface area is 122 Å². The van der Waals surface area contributed by atoms with Crippen molar-refractivity contribution >= 4 is 16.9 Å². The third-order valence-electron chi connectivity index (χ3n) is 3.51. The van der Waals surface area contributed by atoms with Gasteiger partial charge in [0.25, 0.3) is 6.43 Å². The Morgan fingerprint density at radius 2 is 2.05 bits per heavy atom. The summed E-state index contributed by atoms with van der Waals surface area (Å²) in [7, 11) is 0. The zero-order valence-electron chi connectivity index (χ0n) is 11.0. The van der Waals surface area contributed by atoms with Gasteiger partial charge in [-0.25, -0.2) is 23.4 Å². The molecule has 0 radical (unpaired) electrons. The predicted octanol–water partition coefficient (Wildman–Crippen LogP) is -1.04. The number of fused-ring (bicyclic) bond motifs is 1. The molecular formula is C11H13F2N5O4. The van der Waals surface area contributed by atoms with Gasteiger partial charge >= 0.3 is 0 Å². The number of ether oxygens (including phenoxy) is 1. The Morgan fingerprint density at radius 1 is 1.32 bits per heavy atom. The number of hydrogen-bond acceptors (Lipinski definition) is 8. The average molecular weight is 317 g/mol. The number of rotatable bonds is 3. The summed E-state index contributed by atoms with van der Waals surface area (Å²) in [5, 5.41) is 32.4. The molecule has 9 nitrogen and oxygen atoms in total. The molecular weight excluding hydrogens is 304 g/mol. The number of aliphatic hydroxyl groups excluding tert-OH is 3. The lowest BCUT2D eigenvalue weighted by Gasteiger charge is -2.15. The van der Waals surface area contributed by atoms with Gasteiger partial charge in [-0.2, -0.15) is 5.10 Å². The molecule has 1 fully saturated rings. The fourth-order valence-corrected chi connectivity index (χ4v) is 2.43. The highest BCUT2D eigenvalue weighted by Crippen LogP contribution is 2.35. The van der Waals surface area contributed by atoms with Gasteiger partial charge < -0.3 is 25.8 Å². The summed E-state index contributed by atoms with van der Waals surface area (Å²) in [5.74, 6) is -0.182. The van der Waals surface area contributed by atoms with E-state index < -0.39 is 43.3 Å². The van der Waals surface area contributed by atoms with Crippen molar-refractivity contribution < 1.29 is 28.8 Å². The molecule has 5 N–H and O–H groups in total. The van der Waals surface area contributed by atoms with Crippen molar-refractivity contribution in [1.82, 2.24) is 19.7 Å². The number of nitrogens with zero attached hydrogens (tertiary/aromatic N) is 4. The van der Waals surface area contributed by atoms with Crippen LogP contribution < -0.4 is 5.73 Å². The highest BCUT2D eigenvalue weighted by atomic mass is 19.3. The fourth-order valence-electron chi connectivity index (χ4n) is 2.43. The van der Waals surface area contributed by atoms with Gasteiger partial charge in [-0.05, 0) is 0 Å². The van der Waals surface area contributed by atoms with Crippen LogP contribution in [-0.2, 0) is 4.74 Å². The Hall–Kier alpha value is -1.95. The smallest absolute Gasteiger partial charge is 0.282 e. The van der Waals surface area contributed by atoms with Crippen molar-refractivity contribution in [3.8, 4) is 0 Å². The summed E-state index contributed by atoms with van der Waals surface area (Å²) in [6, 6.07) is 0. The van der Waals surface area contributed by atoms with Gasteiger partial charge in [-0.15, -0.1) is 0 Å². The van der Waals surface area contributed by atoms with Gasteiger partial charge in [0.1, 0.15) is 36.2 Å². The van der Waals surface area contributed by atoms with Gasteiger partial charge in [0.15, 0.2) is 11.9 Å². The zero-order valence-corrected chi connectivity index (χ0v) is 11.0. The molecule has 120 valence electrons. The number of halogens is 2. The maximum Gasteiger partial charge on any atom is 0.282 e. The Balaban J connectivity index is 2.14. The molecule has 0 saturated carbocycles. The number of aliphatic hydroxyl groups is 3. The standard InChI is InChI=1S/C11H13F2N5O4/c12-8(13)5-4-9(14)15-2-16-10(4)18(17-5)11-7(21)6(20)3(1-19)22-11/h2-3,6-8,11,19-21H,1H2,(H2,14,15,16)/t3?,6?,7-,11-/m1/s1. The van der Waals surface area contributed by atoms with Crippen LogP contribution in [0.3, 0.4) is 0 Å². The predicted molar refractivity (Wildman–Crippen MR) is 67.7 cm³/mol. The van der Waals surface area contributed by atoms with E-state index >= 15 is 0 Å². The molecule has 2 unspecified atom stereocenters. The largest absolute Gasteiger partial charge is 0.394 e. The van der Waals surface area contributed by atoms with Crippen molar-refractivity contribution in [2.75, 3.05) is 12.3 Å². The van der Waals surface area contributed by atoms with Crippen LogP contribution in [0.1, 0.15) is 18.3 Å². The number of hydrogen-bond donors (Lipinski definition) is 4. The molecule has 2 aromatic rings. The molecule has 1 aliphatic heterocycles. The zero-order chi connectivity index (χ0) is 16.0. The monoisotopic (exact) mass is 317 g/mol. The van der Waals surface area contributed by atoms with Gasteiger partial charge in [-0.1, -0.05) is 0 Å². The van der Waals surface area contributed by atoms with Crippen LogP contribution in [0.15, 0.2) is 6.33 Å². The van der Waals surface area contributed by atoms with Crippen LogP contribution in [0.4, 0.5) is 14.6 Å². The first kappa shape index (κ1) is 15.0. The molecule has 2 aromatic heterocycles. The van der Waals surface area contributed by atoms with Crippen LogP contribution in [0, 0.1) is 0 Å². The Kier molecular flexibility index (Phi) is 3.64. The lowest BCUT2D eigenvalue weighted by atomic mass is 10.1. The summed E-state index contributed by atoms with van der Waals surface area (Å²) >= 11 is 0. The molecule has 3 rings (SSSR count).